The first-order valence-electron chi connectivity index (χ1n) is 4.96. The van der Waals surface area contributed by atoms with Gasteiger partial charge in [-0.2, -0.15) is 0 Å². The van der Waals surface area contributed by atoms with Crippen molar-refractivity contribution in [2.24, 2.45) is 11.5 Å². The third-order valence-electron chi connectivity index (χ3n) is 1.08. The summed E-state index contributed by atoms with van der Waals surface area (Å²) in [5.74, 6) is -1.53. The Morgan fingerprint density at radius 3 is 1.58 bits per heavy atom. The zero-order chi connectivity index (χ0) is 16.0. The van der Waals surface area contributed by atoms with Crippen molar-refractivity contribution in [3.8, 4) is 0 Å². The second-order valence-corrected chi connectivity index (χ2v) is 2.99. The van der Waals surface area contributed by atoms with Gasteiger partial charge < -0.3 is 21.3 Å². The Morgan fingerprint density at radius 2 is 1.53 bits per heavy atom. The Morgan fingerprint density at radius 1 is 1.21 bits per heavy atom. The van der Waals surface area contributed by atoms with Gasteiger partial charge in [0.05, 0.1) is 0 Å². The number of carbonyl (C=O) groups is 3. The van der Waals surface area contributed by atoms with Crippen LogP contribution in [0, 0.1) is 0 Å². The quantitative estimate of drug-likeness (QED) is 0.369. The fraction of sp³-hybridized carbons (Fsp3) is 0.250. The van der Waals surface area contributed by atoms with Gasteiger partial charge in [0.1, 0.15) is 0 Å². The summed E-state index contributed by atoms with van der Waals surface area (Å²) in [7, 11) is 0. The van der Waals surface area contributed by atoms with Gasteiger partial charge in [0.25, 0.3) is 0 Å². The first-order valence-corrected chi connectivity index (χ1v) is 4.96. The molecule has 7 nitrogen and oxygen atoms in total. The van der Waals surface area contributed by atoms with Crippen molar-refractivity contribution in [1.82, 2.24) is 0 Å². The molecule has 0 aromatic carbocycles. The average molecular weight is 272 g/mol. The number of carbonyl (C=O) groups excluding carboxylic acids is 3. The highest BCUT2D eigenvalue weighted by atomic mass is 16.6. The molecular formula is C12H20N2O5. The molecule has 0 spiro atoms. The molecule has 108 valence electrons. The van der Waals surface area contributed by atoms with Crippen LogP contribution < -0.4 is 11.5 Å². The molecule has 0 aliphatic carbocycles. The maximum Gasteiger partial charge on any atom is 0.332 e. The summed E-state index contributed by atoms with van der Waals surface area (Å²) >= 11 is 0. The van der Waals surface area contributed by atoms with E-state index in [0.29, 0.717) is 5.57 Å². The summed E-state index contributed by atoms with van der Waals surface area (Å²) in [6, 6.07) is 0. The van der Waals surface area contributed by atoms with Crippen molar-refractivity contribution in [3.05, 3.63) is 37.5 Å². The summed E-state index contributed by atoms with van der Waals surface area (Å²) in [5.41, 5.74) is 9.63. The third kappa shape index (κ3) is 31.3. The maximum atomic E-state index is 10.1. The van der Waals surface area contributed by atoms with Crippen LogP contribution in [0.3, 0.4) is 0 Å². The maximum absolute atomic E-state index is 10.1. The summed E-state index contributed by atoms with van der Waals surface area (Å²) in [4.78, 5) is 29.4. The second-order valence-electron chi connectivity index (χ2n) is 2.99. The minimum absolute atomic E-state index is 0.398. The fourth-order valence-electron chi connectivity index (χ4n) is 0.216. The SMILES string of the molecule is C=C(C)C(N)=O.C=CC(=O)OC(C)O.C=CC(N)=O. The number of hydrogen-bond donors (Lipinski definition) is 3. The molecule has 0 aromatic heterocycles. The Kier molecular flexibility index (Phi) is 15.7. The molecule has 0 fully saturated rings. The molecule has 7 heteroatoms. The Hall–Kier alpha value is -2.41. The van der Waals surface area contributed by atoms with Gasteiger partial charge in [0.2, 0.25) is 11.8 Å². The van der Waals surface area contributed by atoms with Gasteiger partial charge in [-0.1, -0.05) is 19.7 Å². The number of aliphatic hydroxyl groups is 1. The molecule has 1 atom stereocenters. The van der Waals surface area contributed by atoms with E-state index in [-0.39, 0.29) is 0 Å². The van der Waals surface area contributed by atoms with Gasteiger partial charge in [-0.15, -0.1) is 0 Å². The van der Waals surface area contributed by atoms with Crippen LogP contribution in [0.1, 0.15) is 13.8 Å². The molecule has 19 heavy (non-hydrogen) atoms. The second kappa shape index (κ2) is 13.7. The molecular weight excluding hydrogens is 252 g/mol. The standard InChI is InChI=1S/C5H8O3.C4H7NO.C3H5NO/c1-3-5(7)8-4(2)6;1-3(2)4(5)6;1-2-3(4)5/h3-4,6H,1H2,2H3;1H2,2H3,(H2,5,6);2H,1H2,(H2,4,5). The number of ether oxygens (including phenoxy) is 1. The number of esters is 1. The molecule has 0 aromatic rings. The minimum atomic E-state index is -1.04. The van der Waals surface area contributed by atoms with Gasteiger partial charge in [0.15, 0.2) is 6.29 Å². The molecule has 1 unspecified atom stereocenters. The first-order chi connectivity index (χ1) is 8.58. The smallest absolute Gasteiger partial charge is 0.332 e. The number of nitrogens with two attached hydrogens (primary N) is 2. The van der Waals surface area contributed by atoms with Crippen molar-refractivity contribution in [2.45, 2.75) is 20.1 Å². The van der Waals surface area contributed by atoms with Crippen molar-refractivity contribution >= 4 is 17.8 Å². The van der Waals surface area contributed by atoms with E-state index in [1.165, 1.54) is 6.92 Å². The van der Waals surface area contributed by atoms with Crippen LogP contribution in [0.2, 0.25) is 0 Å². The monoisotopic (exact) mass is 272 g/mol. The van der Waals surface area contributed by atoms with Crippen molar-refractivity contribution < 1.29 is 24.2 Å². The molecule has 0 rings (SSSR count). The largest absolute Gasteiger partial charge is 0.433 e. The van der Waals surface area contributed by atoms with Crippen LogP contribution in [-0.4, -0.2) is 29.2 Å². The first kappa shape index (κ1) is 21.8. The molecule has 2 amide bonds. The lowest BCUT2D eigenvalue weighted by Gasteiger charge is -2.01. The van der Waals surface area contributed by atoms with Crippen LogP contribution in [0.25, 0.3) is 0 Å². The molecule has 0 saturated carbocycles. The predicted molar refractivity (Wildman–Crippen MR) is 71.4 cm³/mol. The molecule has 0 bridgehead atoms. The molecule has 0 aliphatic rings. The molecule has 5 N–H and O–H groups in total. The van der Waals surface area contributed by atoms with Crippen LogP contribution in [0.4, 0.5) is 0 Å². The van der Waals surface area contributed by atoms with Gasteiger partial charge >= 0.3 is 5.97 Å². The molecule has 0 heterocycles. The van der Waals surface area contributed by atoms with E-state index in [2.05, 4.69) is 30.2 Å². The average Bonchev–Trinajstić information content (AvgIpc) is 2.29. The summed E-state index contributed by atoms with van der Waals surface area (Å²) in [6.07, 6.45) is 1.01. The van der Waals surface area contributed by atoms with Crippen LogP contribution in [0.15, 0.2) is 37.5 Å². The van der Waals surface area contributed by atoms with Gasteiger partial charge in [-0.25, -0.2) is 4.79 Å². The van der Waals surface area contributed by atoms with E-state index in [4.69, 9.17) is 10.8 Å². The van der Waals surface area contributed by atoms with Crippen LogP contribution >= 0.6 is 0 Å². The van der Waals surface area contributed by atoms with E-state index in [0.717, 1.165) is 12.2 Å². The van der Waals surface area contributed by atoms with E-state index in [1.54, 1.807) is 6.92 Å². The summed E-state index contributed by atoms with van der Waals surface area (Å²) in [5, 5.41) is 8.36. The van der Waals surface area contributed by atoms with Crippen molar-refractivity contribution in [1.29, 1.82) is 0 Å². The predicted octanol–water partition coefficient (Wildman–Crippen LogP) is -0.241. The highest BCUT2D eigenvalue weighted by Gasteiger charge is 1.97. The highest BCUT2D eigenvalue weighted by Crippen LogP contribution is 1.84. The Bertz CT molecular complexity index is 336. The molecule has 0 radical (unpaired) electrons. The zero-order valence-corrected chi connectivity index (χ0v) is 11.1. The van der Waals surface area contributed by atoms with Gasteiger partial charge in [-0.05, 0) is 19.9 Å². The highest BCUT2D eigenvalue weighted by molar-refractivity contribution is 5.90. The van der Waals surface area contributed by atoms with E-state index in [1.807, 2.05) is 0 Å². The molecule has 0 aliphatic heterocycles. The van der Waals surface area contributed by atoms with Crippen molar-refractivity contribution in [2.75, 3.05) is 0 Å². The normalized spacial score (nSPS) is 9.21. The number of hydrogen-bond acceptors (Lipinski definition) is 5. The number of primary amides is 2. The Labute approximate surface area is 112 Å². The topological polar surface area (TPSA) is 133 Å². The lowest BCUT2D eigenvalue weighted by molar-refractivity contribution is -0.158. The number of aliphatic hydroxyl groups excluding tert-OH is 1. The fourth-order valence-corrected chi connectivity index (χ4v) is 0.216. The van der Waals surface area contributed by atoms with Gasteiger partial charge in [0, 0.05) is 11.6 Å². The third-order valence-corrected chi connectivity index (χ3v) is 1.08. The van der Waals surface area contributed by atoms with Crippen molar-refractivity contribution in [3.63, 3.8) is 0 Å². The van der Waals surface area contributed by atoms with Gasteiger partial charge in [-0.3, -0.25) is 9.59 Å². The van der Waals surface area contributed by atoms with Crippen LogP contribution in [-0.2, 0) is 19.1 Å². The van der Waals surface area contributed by atoms with E-state index >= 15 is 0 Å². The zero-order valence-electron chi connectivity index (χ0n) is 11.1. The molecule has 0 saturated heterocycles. The minimum Gasteiger partial charge on any atom is -0.433 e. The van der Waals surface area contributed by atoms with Crippen LogP contribution in [0.5, 0.6) is 0 Å². The lowest BCUT2D eigenvalue weighted by atomic mass is 10.3. The number of amides is 2. The lowest BCUT2D eigenvalue weighted by Crippen LogP contribution is -2.10. The van der Waals surface area contributed by atoms with E-state index < -0.39 is 24.1 Å². The summed E-state index contributed by atoms with van der Waals surface area (Å²) < 4.78 is 4.20. The summed E-state index contributed by atoms with van der Waals surface area (Å²) in [6.45, 7) is 12.4. The van der Waals surface area contributed by atoms with E-state index in [9.17, 15) is 14.4 Å². The Balaban J connectivity index is -0.000000209. The number of rotatable bonds is 4.